The number of benzene rings is 1. The molecule has 0 aliphatic heterocycles. The average Bonchev–Trinajstić information content (AvgIpc) is 2.42. The first-order valence-electron chi connectivity index (χ1n) is 6.66. The van der Waals surface area contributed by atoms with Gasteiger partial charge in [0.2, 0.25) is 0 Å². The second kappa shape index (κ2) is 7.98. The number of methoxy groups -OCH3 is 2. The summed E-state index contributed by atoms with van der Waals surface area (Å²) in [5.74, 6) is 2.25. The van der Waals surface area contributed by atoms with Crippen molar-refractivity contribution in [3.8, 4) is 11.5 Å². The summed E-state index contributed by atoms with van der Waals surface area (Å²) in [4.78, 5) is 0. The fourth-order valence-corrected chi connectivity index (χ4v) is 2.13. The fourth-order valence-electron chi connectivity index (χ4n) is 2.13. The standard InChI is InChI=1S/C15H25NO2/c1-5-10-16-11-9-12(2)15-13(17-3)7-6-8-14(15)18-4/h6-8,12,16H,5,9-11H2,1-4H3. The van der Waals surface area contributed by atoms with E-state index >= 15 is 0 Å². The zero-order chi connectivity index (χ0) is 13.4. The monoisotopic (exact) mass is 251 g/mol. The number of nitrogens with one attached hydrogen (secondary N) is 1. The van der Waals surface area contributed by atoms with Gasteiger partial charge in [0.05, 0.1) is 14.2 Å². The van der Waals surface area contributed by atoms with Crippen LogP contribution in [-0.2, 0) is 0 Å². The van der Waals surface area contributed by atoms with Crippen molar-refractivity contribution in [1.29, 1.82) is 0 Å². The quantitative estimate of drug-likeness (QED) is 0.720. The molecule has 3 heteroatoms. The van der Waals surface area contributed by atoms with Crippen LogP contribution in [0.4, 0.5) is 0 Å². The molecule has 0 heterocycles. The van der Waals surface area contributed by atoms with Gasteiger partial charge in [0.25, 0.3) is 0 Å². The largest absolute Gasteiger partial charge is 0.496 e. The van der Waals surface area contributed by atoms with Gasteiger partial charge in [0.1, 0.15) is 11.5 Å². The topological polar surface area (TPSA) is 30.5 Å². The van der Waals surface area contributed by atoms with Gasteiger partial charge in [0.15, 0.2) is 0 Å². The lowest BCUT2D eigenvalue weighted by atomic mass is 9.95. The first kappa shape index (κ1) is 14.8. The lowest BCUT2D eigenvalue weighted by Gasteiger charge is -2.19. The van der Waals surface area contributed by atoms with E-state index in [2.05, 4.69) is 19.2 Å². The maximum atomic E-state index is 5.44. The van der Waals surface area contributed by atoms with Gasteiger partial charge in [0, 0.05) is 5.56 Å². The van der Waals surface area contributed by atoms with Gasteiger partial charge in [-0.05, 0) is 44.0 Å². The molecule has 0 aliphatic carbocycles. The van der Waals surface area contributed by atoms with Crippen molar-refractivity contribution in [2.24, 2.45) is 0 Å². The Morgan fingerprint density at radius 1 is 1.11 bits per heavy atom. The molecule has 1 atom stereocenters. The Hall–Kier alpha value is -1.22. The van der Waals surface area contributed by atoms with Gasteiger partial charge < -0.3 is 14.8 Å². The highest BCUT2D eigenvalue weighted by atomic mass is 16.5. The molecule has 0 amide bonds. The van der Waals surface area contributed by atoms with Crippen LogP contribution in [0.25, 0.3) is 0 Å². The molecule has 0 fully saturated rings. The smallest absolute Gasteiger partial charge is 0.126 e. The summed E-state index contributed by atoms with van der Waals surface area (Å²) in [6, 6.07) is 5.95. The van der Waals surface area contributed by atoms with E-state index in [-0.39, 0.29) is 0 Å². The first-order chi connectivity index (χ1) is 8.74. The van der Waals surface area contributed by atoms with Gasteiger partial charge in [-0.15, -0.1) is 0 Å². The van der Waals surface area contributed by atoms with Crippen LogP contribution in [-0.4, -0.2) is 27.3 Å². The van der Waals surface area contributed by atoms with Crippen molar-refractivity contribution in [3.63, 3.8) is 0 Å². The summed E-state index contributed by atoms with van der Waals surface area (Å²) in [6.07, 6.45) is 2.25. The zero-order valence-electron chi connectivity index (χ0n) is 12.0. The van der Waals surface area contributed by atoms with Crippen LogP contribution < -0.4 is 14.8 Å². The zero-order valence-corrected chi connectivity index (χ0v) is 12.0. The average molecular weight is 251 g/mol. The van der Waals surface area contributed by atoms with Crippen LogP contribution in [0.5, 0.6) is 11.5 Å². The minimum absolute atomic E-state index is 0.417. The second-order valence-electron chi connectivity index (χ2n) is 4.52. The lowest BCUT2D eigenvalue weighted by Crippen LogP contribution is -2.18. The Morgan fingerprint density at radius 3 is 2.22 bits per heavy atom. The maximum Gasteiger partial charge on any atom is 0.126 e. The molecule has 0 aliphatic rings. The first-order valence-corrected chi connectivity index (χ1v) is 6.66. The highest BCUT2D eigenvalue weighted by Gasteiger charge is 2.16. The van der Waals surface area contributed by atoms with Gasteiger partial charge in [-0.2, -0.15) is 0 Å². The van der Waals surface area contributed by atoms with E-state index in [1.54, 1.807) is 14.2 Å². The van der Waals surface area contributed by atoms with Gasteiger partial charge in [-0.25, -0.2) is 0 Å². The Balaban J connectivity index is 2.73. The fraction of sp³-hybridized carbons (Fsp3) is 0.600. The third-order valence-electron chi connectivity index (χ3n) is 3.14. The summed E-state index contributed by atoms with van der Waals surface area (Å²) in [5.41, 5.74) is 1.17. The van der Waals surface area contributed by atoms with E-state index < -0.39 is 0 Å². The van der Waals surface area contributed by atoms with Crippen LogP contribution in [0, 0.1) is 0 Å². The van der Waals surface area contributed by atoms with E-state index in [0.717, 1.165) is 31.0 Å². The van der Waals surface area contributed by atoms with Crippen molar-refractivity contribution in [3.05, 3.63) is 23.8 Å². The molecule has 18 heavy (non-hydrogen) atoms. The Labute approximate surface area is 110 Å². The third kappa shape index (κ3) is 3.91. The molecule has 3 nitrogen and oxygen atoms in total. The minimum atomic E-state index is 0.417. The van der Waals surface area contributed by atoms with E-state index in [1.165, 1.54) is 12.0 Å². The summed E-state index contributed by atoms with van der Waals surface area (Å²) in [7, 11) is 3.42. The SMILES string of the molecule is CCCNCCC(C)c1c(OC)cccc1OC. The van der Waals surface area contributed by atoms with Gasteiger partial charge >= 0.3 is 0 Å². The highest BCUT2D eigenvalue weighted by Crippen LogP contribution is 2.36. The molecule has 0 bridgehead atoms. The van der Waals surface area contributed by atoms with E-state index in [9.17, 15) is 0 Å². The molecular weight excluding hydrogens is 226 g/mol. The molecular formula is C15H25NO2. The van der Waals surface area contributed by atoms with Gasteiger partial charge in [-0.1, -0.05) is 19.9 Å². The number of rotatable bonds is 8. The maximum absolute atomic E-state index is 5.44. The van der Waals surface area contributed by atoms with Crippen molar-refractivity contribution >= 4 is 0 Å². The molecule has 0 radical (unpaired) electrons. The van der Waals surface area contributed by atoms with E-state index in [4.69, 9.17) is 9.47 Å². The van der Waals surface area contributed by atoms with Crippen LogP contribution in [0.3, 0.4) is 0 Å². The van der Waals surface area contributed by atoms with E-state index in [1.807, 2.05) is 18.2 Å². The minimum Gasteiger partial charge on any atom is -0.496 e. The Kier molecular flexibility index (Phi) is 6.58. The van der Waals surface area contributed by atoms with Gasteiger partial charge in [-0.3, -0.25) is 0 Å². The molecule has 0 saturated heterocycles. The lowest BCUT2D eigenvalue weighted by molar-refractivity contribution is 0.378. The summed E-state index contributed by atoms with van der Waals surface area (Å²) < 4.78 is 10.9. The Bertz CT molecular complexity index is 330. The number of hydrogen-bond donors (Lipinski definition) is 1. The van der Waals surface area contributed by atoms with Crippen LogP contribution >= 0.6 is 0 Å². The van der Waals surface area contributed by atoms with Crippen molar-refractivity contribution in [1.82, 2.24) is 5.32 Å². The molecule has 1 rings (SSSR count). The van der Waals surface area contributed by atoms with Crippen LogP contribution in [0.2, 0.25) is 0 Å². The summed E-state index contributed by atoms with van der Waals surface area (Å²) in [6.45, 7) is 6.50. The normalized spacial score (nSPS) is 12.2. The predicted molar refractivity (Wildman–Crippen MR) is 75.7 cm³/mol. The molecule has 0 aromatic heterocycles. The summed E-state index contributed by atoms with van der Waals surface area (Å²) >= 11 is 0. The molecule has 102 valence electrons. The molecule has 1 aromatic rings. The second-order valence-corrected chi connectivity index (χ2v) is 4.52. The van der Waals surface area contributed by atoms with Crippen molar-refractivity contribution in [2.45, 2.75) is 32.6 Å². The Morgan fingerprint density at radius 2 is 1.72 bits per heavy atom. The molecule has 1 unspecified atom stereocenters. The predicted octanol–water partition coefficient (Wildman–Crippen LogP) is 3.20. The van der Waals surface area contributed by atoms with Crippen molar-refractivity contribution in [2.75, 3.05) is 27.3 Å². The van der Waals surface area contributed by atoms with E-state index in [0.29, 0.717) is 5.92 Å². The molecule has 0 spiro atoms. The molecule has 0 saturated carbocycles. The molecule has 1 N–H and O–H groups in total. The number of ether oxygens (including phenoxy) is 2. The van der Waals surface area contributed by atoms with Crippen LogP contribution in [0.15, 0.2) is 18.2 Å². The highest BCUT2D eigenvalue weighted by molar-refractivity contribution is 5.46. The number of hydrogen-bond acceptors (Lipinski definition) is 3. The van der Waals surface area contributed by atoms with Crippen LogP contribution in [0.1, 0.15) is 38.2 Å². The molecule has 1 aromatic carbocycles. The third-order valence-corrected chi connectivity index (χ3v) is 3.14. The van der Waals surface area contributed by atoms with Crippen molar-refractivity contribution < 1.29 is 9.47 Å². The summed E-state index contributed by atoms with van der Waals surface area (Å²) in [5, 5.41) is 3.43.